The second-order valence-corrected chi connectivity index (χ2v) is 5.64. The van der Waals surface area contributed by atoms with Gasteiger partial charge in [-0.2, -0.15) is 0 Å². The average Bonchev–Trinajstić information content (AvgIpc) is 3.07. The average molecular weight is 309 g/mol. The molecule has 0 bridgehead atoms. The van der Waals surface area contributed by atoms with Gasteiger partial charge in [0.15, 0.2) is 0 Å². The number of rotatable bonds is 5. The first-order valence-corrected chi connectivity index (χ1v) is 7.48. The molecule has 0 aromatic carbocycles. The molecular weight excluding hydrogens is 286 g/mol. The maximum absolute atomic E-state index is 12.6. The first-order valence-electron chi connectivity index (χ1n) is 7.48. The summed E-state index contributed by atoms with van der Waals surface area (Å²) >= 11 is 0. The van der Waals surface area contributed by atoms with Crippen LogP contribution < -0.4 is 0 Å². The van der Waals surface area contributed by atoms with E-state index >= 15 is 0 Å². The molecule has 2 amide bonds. The zero-order valence-corrected chi connectivity index (χ0v) is 13.3. The topological polar surface area (TPSA) is 75.9 Å². The number of piperidine rings is 1. The van der Waals surface area contributed by atoms with E-state index in [1.807, 2.05) is 6.92 Å². The van der Waals surface area contributed by atoms with Crippen molar-refractivity contribution in [2.24, 2.45) is 5.92 Å². The number of hydrogen-bond donors (Lipinski definition) is 0. The predicted octanol–water partition coefficient (Wildman–Crippen LogP) is 1.08. The van der Waals surface area contributed by atoms with Gasteiger partial charge < -0.3 is 19.1 Å². The third-order valence-corrected chi connectivity index (χ3v) is 4.28. The number of carbonyl (C=O) groups is 2. The lowest BCUT2D eigenvalue weighted by Gasteiger charge is -2.34. The van der Waals surface area contributed by atoms with Crippen molar-refractivity contribution in [3.8, 4) is 0 Å². The van der Waals surface area contributed by atoms with Gasteiger partial charge in [0.05, 0.1) is 6.04 Å². The molecule has 122 valence electrons. The SMILES string of the molecule is COCC(=O)N1CCC(C(=O)N(C)[C@H](C)c2ccon2)CC1. The molecule has 0 spiro atoms. The third-order valence-electron chi connectivity index (χ3n) is 4.28. The summed E-state index contributed by atoms with van der Waals surface area (Å²) in [6, 6.07) is 1.64. The van der Waals surface area contributed by atoms with Crippen molar-refractivity contribution in [1.29, 1.82) is 0 Å². The molecule has 2 rings (SSSR count). The molecule has 0 aliphatic carbocycles. The molecule has 0 saturated carbocycles. The first-order chi connectivity index (χ1) is 10.5. The molecule has 0 radical (unpaired) electrons. The predicted molar refractivity (Wildman–Crippen MR) is 78.9 cm³/mol. The van der Waals surface area contributed by atoms with Gasteiger partial charge in [-0.05, 0) is 19.8 Å². The molecule has 1 aliphatic heterocycles. The Morgan fingerprint density at radius 1 is 1.50 bits per heavy atom. The zero-order valence-electron chi connectivity index (χ0n) is 13.3. The van der Waals surface area contributed by atoms with E-state index in [2.05, 4.69) is 5.16 Å². The molecule has 2 heterocycles. The van der Waals surface area contributed by atoms with Gasteiger partial charge in [-0.1, -0.05) is 5.16 Å². The fraction of sp³-hybridized carbons (Fsp3) is 0.667. The highest BCUT2D eigenvalue weighted by Crippen LogP contribution is 2.24. The smallest absolute Gasteiger partial charge is 0.248 e. The van der Waals surface area contributed by atoms with Crippen LogP contribution >= 0.6 is 0 Å². The Bertz CT molecular complexity index is 495. The van der Waals surface area contributed by atoms with Crippen LogP contribution in [0.25, 0.3) is 0 Å². The van der Waals surface area contributed by atoms with Crippen LogP contribution in [-0.4, -0.2) is 60.6 Å². The Balaban J connectivity index is 1.88. The molecule has 1 saturated heterocycles. The van der Waals surface area contributed by atoms with E-state index in [0.717, 1.165) is 5.69 Å². The highest BCUT2D eigenvalue weighted by molar-refractivity contribution is 5.80. The van der Waals surface area contributed by atoms with E-state index in [0.29, 0.717) is 25.9 Å². The van der Waals surface area contributed by atoms with Crippen molar-refractivity contribution in [2.45, 2.75) is 25.8 Å². The molecule has 1 atom stereocenters. The number of methoxy groups -OCH3 is 1. The summed E-state index contributed by atoms with van der Waals surface area (Å²) in [5.74, 6) is 0.0259. The van der Waals surface area contributed by atoms with Crippen LogP contribution in [-0.2, 0) is 14.3 Å². The van der Waals surface area contributed by atoms with E-state index in [9.17, 15) is 9.59 Å². The fourth-order valence-electron chi connectivity index (χ4n) is 2.71. The van der Waals surface area contributed by atoms with Crippen LogP contribution in [0.2, 0.25) is 0 Å². The van der Waals surface area contributed by atoms with Crippen molar-refractivity contribution in [3.05, 3.63) is 18.0 Å². The van der Waals surface area contributed by atoms with Crippen LogP contribution in [0.1, 0.15) is 31.5 Å². The number of amides is 2. The summed E-state index contributed by atoms with van der Waals surface area (Å²) in [7, 11) is 3.29. The Hall–Kier alpha value is -1.89. The molecule has 1 fully saturated rings. The van der Waals surface area contributed by atoms with Gasteiger partial charge in [-0.3, -0.25) is 9.59 Å². The van der Waals surface area contributed by atoms with Gasteiger partial charge in [0, 0.05) is 39.2 Å². The van der Waals surface area contributed by atoms with Crippen molar-refractivity contribution >= 4 is 11.8 Å². The number of hydrogen-bond acceptors (Lipinski definition) is 5. The molecule has 0 unspecified atom stereocenters. The Morgan fingerprint density at radius 2 is 2.18 bits per heavy atom. The minimum Gasteiger partial charge on any atom is -0.375 e. The van der Waals surface area contributed by atoms with Crippen LogP contribution in [0.4, 0.5) is 0 Å². The van der Waals surface area contributed by atoms with Gasteiger partial charge in [0.25, 0.3) is 0 Å². The van der Waals surface area contributed by atoms with Gasteiger partial charge >= 0.3 is 0 Å². The van der Waals surface area contributed by atoms with Crippen LogP contribution in [0.15, 0.2) is 16.9 Å². The van der Waals surface area contributed by atoms with Crippen molar-refractivity contribution in [1.82, 2.24) is 15.0 Å². The third kappa shape index (κ3) is 3.65. The lowest BCUT2D eigenvalue weighted by Crippen LogP contribution is -2.44. The van der Waals surface area contributed by atoms with Crippen molar-refractivity contribution < 1.29 is 18.8 Å². The Kier molecular flexibility index (Phi) is 5.54. The fourth-order valence-corrected chi connectivity index (χ4v) is 2.71. The highest BCUT2D eigenvalue weighted by atomic mass is 16.5. The molecule has 7 nitrogen and oxygen atoms in total. The summed E-state index contributed by atoms with van der Waals surface area (Å²) in [5.41, 5.74) is 0.739. The zero-order chi connectivity index (χ0) is 16.1. The van der Waals surface area contributed by atoms with Gasteiger partial charge in [-0.25, -0.2) is 0 Å². The van der Waals surface area contributed by atoms with Crippen LogP contribution in [0.3, 0.4) is 0 Å². The normalized spacial score (nSPS) is 17.3. The monoisotopic (exact) mass is 309 g/mol. The molecule has 1 aromatic heterocycles. The number of likely N-dealkylation sites (tertiary alicyclic amines) is 1. The maximum atomic E-state index is 12.6. The number of aromatic nitrogens is 1. The van der Waals surface area contributed by atoms with Crippen LogP contribution in [0.5, 0.6) is 0 Å². The van der Waals surface area contributed by atoms with Gasteiger partial charge in [0.2, 0.25) is 11.8 Å². The largest absolute Gasteiger partial charge is 0.375 e. The molecule has 1 aromatic rings. The van der Waals surface area contributed by atoms with Gasteiger partial charge in [-0.15, -0.1) is 0 Å². The first kappa shape index (κ1) is 16.5. The number of carbonyl (C=O) groups excluding carboxylic acids is 2. The van der Waals surface area contributed by atoms with Crippen molar-refractivity contribution in [2.75, 3.05) is 33.9 Å². The van der Waals surface area contributed by atoms with E-state index < -0.39 is 0 Å². The minimum absolute atomic E-state index is 0.0160. The lowest BCUT2D eigenvalue weighted by molar-refractivity contribution is -0.142. The molecular formula is C15H23N3O4. The minimum atomic E-state index is -0.126. The molecule has 1 aliphatic rings. The number of nitrogens with zero attached hydrogens (tertiary/aromatic N) is 3. The summed E-state index contributed by atoms with van der Waals surface area (Å²) in [6.07, 6.45) is 2.87. The summed E-state index contributed by atoms with van der Waals surface area (Å²) in [4.78, 5) is 27.8. The maximum Gasteiger partial charge on any atom is 0.248 e. The molecule has 22 heavy (non-hydrogen) atoms. The lowest BCUT2D eigenvalue weighted by atomic mass is 9.94. The van der Waals surface area contributed by atoms with E-state index in [-0.39, 0.29) is 30.4 Å². The van der Waals surface area contributed by atoms with Gasteiger partial charge in [0.1, 0.15) is 18.6 Å². The second kappa shape index (κ2) is 7.40. The van der Waals surface area contributed by atoms with E-state index in [1.54, 1.807) is 22.9 Å². The number of ether oxygens (including phenoxy) is 1. The van der Waals surface area contributed by atoms with E-state index in [4.69, 9.17) is 9.26 Å². The molecule has 7 heteroatoms. The van der Waals surface area contributed by atoms with Crippen LogP contribution in [0, 0.1) is 5.92 Å². The van der Waals surface area contributed by atoms with Crippen molar-refractivity contribution in [3.63, 3.8) is 0 Å². The summed E-state index contributed by atoms with van der Waals surface area (Å²) < 4.78 is 9.69. The van der Waals surface area contributed by atoms with E-state index in [1.165, 1.54) is 13.4 Å². The quantitative estimate of drug-likeness (QED) is 0.813. The highest BCUT2D eigenvalue weighted by Gasteiger charge is 2.31. The standard InChI is InChI=1S/C15H23N3O4/c1-11(13-6-9-22-16-13)17(2)15(20)12-4-7-18(8-5-12)14(19)10-21-3/h6,9,11-12H,4-5,7-8,10H2,1-3H3/t11-/m1/s1. The Labute approximate surface area is 130 Å². The second-order valence-electron chi connectivity index (χ2n) is 5.64. The Morgan fingerprint density at radius 3 is 2.73 bits per heavy atom. The summed E-state index contributed by atoms with van der Waals surface area (Å²) in [6.45, 7) is 3.23. The summed E-state index contributed by atoms with van der Waals surface area (Å²) in [5, 5.41) is 3.88. The molecule has 0 N–H and O–H groups in total.